The van der Waals surface area contributed by atoms with Crippen molar-refractivity contribution in [3.63, 3.8) is 0 Å². The molecule has 1 saturated heterocycles. The van der Waals surface area contributed by atoms with Crippen LogP contribution in [0.25, 0.3) is 0 Å². The molecule has 2 unspecified atom stereocenters. The van der Waals surface area contributed by atoms with Crippen LogP contribution in [0.1, 0.15) is 24.7 Å². The number of hydrogen-bond donors (Lipinski definition) is 2. The van der Waals surface area contributed by atoms with E-state index in [2.05, 4.69) is 27.0 Å². The number of nitrogens with two attached hydrogens (primary N) is 1. The van der Waals surface area contributed by atoms with E-state index >= 15 is 0 Å². The first-order valence-corrected chi connectivity index (χ1v) is 7.66. The number of rotatable bonds is 3. The lowest BCUT2D eigenvalue weighted by Crippen LogP contribution is -2.48. The molecule has 0 radical (unpaired) electrons. The van der Waals surface area contributed by atoms with Crippen molar-refractivity contribution in [2.24, 2.45) is 11.7 Å². The van der Waals surface area contributed by atoms with Gasteiger partial charge in [-0.25, -0.2) is 0 Å². The third kappa shape index (κ3) is 3.19. The fourth-order valence-corrected chi connectivity index (χ4v) is 2.81. The number of nitrogens with zero attached hydrogens (tertiary/aromatic N) is 3. The van der Waals surface area contributed by atoms with Gasteiger partial charge in [0.2, 0.25) is 5.95 Å². The largest absolute Gasteiger partial charge is 0.338 e. The van der Waals surface area contributed by atoms with Gasteiger partial charge in [0, 0.05) is 30.6 Å². The van der Waals surface area contributed by atoms with Crippen molar-refractivity contribution in [3.8, 4) is 0 Å². The maximum Gasteiger partial charge on any atom is 0.244 e. The normalized spacial score (nSPS) is 22.5. The molecule has 1 aliphatic heterocycles. The molecule has 112 valence electrons. The van der Waals surface area contributed by atoms with Gasteiger partial charge in [0.15, 0.2) is 0 Å². The fourth-order valence-electron chi connectivity index (χ4n) is 2.61. The predicted octanol–water partition coefficient (Wildman–Crippen LogP) is 2.22. The third-order valence-electron chi connectivity index (χ3n) is 4.13. The van der Waals surface area contributed by atoms with Gasteiger partial charge in [-0.2, -0.15) is 4.98 Å². The van der Waals surface area contributed by atoms with Crippen LogP contribution in [0.4, 0.5) is 5.95 Å². The average molecular weight is 306 g/mol. The number of hydrogen-bond acceptors (Lipinski definition) is 4. The summed E-state index contributed by atoms with van der Waals surface area (Å²) in [4.78, 5) is 6.72. The Hall–Kier alpha value is -1.59. The second-order valence-corrected chi connectivity index (χ2v) is 6.13. The van der Waals surface area contributed by atoms with Crippen molar-refractivity contribution >= 4 is 17.5 Å². The van der Waals surface area contributed by atoms with Crippen LogP contribution in [-0.4, -0.2) is 34.3 Å². The number of H-pyrrole nitrogens is 1. The number of piperidine rings is 1. The van der Waals surface area contributed by atoms with E-state index in [9.17, 15) is 0 Å². The number of aromatic amines is 1. The minimum atomic E-state index is 0.185. The Morgan fingerprint density at radius 3 is 3.00 bits per heavy atom. The Bertz CT molecular complexity index is 612. The molecule has 5 nitrogen and oxygen atoms in total. The van der Waals surface area contributed by atoms with Crippen LogP contribution in [0, 0.1) is 5.92 Å². The molecule has 6 heteroatoms. The second-order valence-electron chi connectivity index (χ2n) is 5.73. The molecule has 1 aromatic heterocycles. The summed E-state index contributed by atoms with van der Waals surface area (Å²) < 4.78 is 0. The molecule has 0 bridgehead atoms. The highest BCUT2D eigenvalue weighted by Gasteiger charge is 2.25. The molecule has 1 fully saturated rings. The predicted molar refractivity (Wildman–Crippen MR) is 84.6 cm³/mol. The smallest absolute Gasteiger partial charge is 0.244 e. The molecule has 1 aromatic carbocycles. The zero-order valence-corrected chi connectivity index (χ0v) is 12.8. The Labute approximate surface area is 129 Å². The fraction of sp³-hybridized carbons (Fsp3) is 0.467. The van der Waals surface area contributed by atoms with E-state index in [1.54, 1.807) is 0 Å². The Kier molecular flexibility index (Phi) is 4.12. The van der Waals surface area contributed by atoms with Crippen molar-refractivity contribution in [1.82, 2.24) is 15.2 Å². The van der Waals surface area contributed by atoms with Gasteiger partial charge in [-0.3, -0.25) is 5.10 Å². The minimum Gasteiger partial charge on any atom is -0.338 e. The van der Waals surface area contributed by atoms with Crippen molar-refractivity contribution in [2.45, 2.75) is 25.8 Å². The first-order chi connectivity index (χ1) is 10.1. The lowest BCUT2D eigenvalue weighted by atomic mass is 9.95. The van der Waals surface area contributed by atoms with Crippen molar-refractivity contribution in [1.29, 1.82) is 0 Å². The molecule has 21 heavy (non-hydrogen) atoms. The van der Waals surface area contributed by atoms with Gasteiger partial charge in [-0.15, -0.1) is 5.10 Å². The summed E-state index contributed by atoms with van der Waals surface area (Å²) in [5.41, 5.74) is 7.18. The standard InChI is InChI=1S/C15H20ClN5/c1-10-6-7-21(9-13(10)17)15-18-14(19-20-15)8-11-4-2-3-5-12(11)16/h2-5,10,13H,6-9,17H2,1H3,(H,18,19,20). The molecule has 0 saturated carbocycles. The SMILES string of the molecule is CC1CCN(c2n[nH]c(Cc3ccccc3Cl)n2)CC1N. The summed E-state index contributed by atoms with van der Waals surface area (Å²) in [5, 5.41) is 8.07. The zero-order valence-electron chi connectivity index (χ0n) is 12.1. The summed E-state index contributed by atoms with van der Waals surface area (Å²) in [7, 11) is 0. The van der Waals surface area contributed by atoms with E-state index in [0.717, 1.165) is 41.9 Å². The number of aromatic nitrogens is 3. The molecule has 3 N–H and O–H groups in total. The van der Waals surface area contributed by atoms with Gasteiger partial charge < -0.3 is 10.6 Å². The zero-order chi connectivity index (χ0) is 14.8. The molecule has 3 rings (SSSR count). The van der Waals surface area contributed by atoms with Crippen LogP contribution in [0.3, 0.4) is 0 Å². The van der Waals surface area contributed by atoms with E-state index < -0.39 is 0 Å². The van der Waals surface area contributed by atoms with Crippen LogP contribution in [0.15, 0.2) is 24.3 Å². The van der Waals surface area contributed by atoms with Crippen LogP contribution in [0.5, 0.6) is 0 Å². The molecule has 1 aliphatic rings. The molecule has 0 amide bonds. The summed E-state index contributed by atoms with van der Waals surface area (Å²) in [6.45, 7) is 3.96. The minimum absolute atomic E-state index is 0.185. The highest BCUT2D eigenvalue weighted by Crippen LogP contribution is 2.21. The van der Waals surface area contributed by atoms with Crippen LogP contribution in [0.2, 0.25) is 5.02 Å². The van der Waals surface area contributed by atoms with Crippen LogP contribution < -0.4 is 10.6 Å². The number of benzene rings is 1. The molecular formula is C15H20ClN5. The highest BCUT2D eigenvalue weighted by molar-refractivity contribution is 6.31. The lowest BCUT2D eigenvalue weighted by Gasteiger charge is -2.34. The summed E-state index contributed by atoms with van der Waals surface area (Å²) in [6, 6.07) is 7.98. The van der Waals surface area contributed by atoms with E-state index in [1.807, 2.05) is 24.3 Å². The number of anilines is 1. The van der Waals surface area contributed by atoms with Gasteiger partial charge >= 0.3 is 0 Å². The lowest BCUT2D eigenvalue weighted by molar-refractivity contribution is 0.376. The van der Waals surface area contributed by atoms with E-state index in [0.29, 0.717) is 12.3 Å². The molecule has 0 spiro atoms. The number of halogens is 1. The molecule has 2 atom stereocenters. The molecule has 2 heterocycles. The maximum atomic E-state index is 6.18. The molecule has 0 aliphatic carbocycles. The van der Waals surface area contributed by atoms with Crippen molar-refractivity contribution in [3.05, 3.63) is 40.7 Å². The van der Waals surface area contributed by atoms with Crippen LogP contribution in [-0.2, 0) is 6.42 Å². The first kappa shape index (κ1) is 14.4. The Morgan fingerprint density at radius 2 is 2.24 bits per heavy atom. The summed E-state index contributed by atoms with van der Waals surface area (Å²) in [6.07, 6.45) is 1.73. The van der Waals surface area contributed by atoms with E-state index in [-0.39, 0.29) is 6.04 Å². The number of nitrogens with one attached hydrogen (secondary N) is 1. The van der Waals surface area contributed by atoms with E-state index in [4.69, 9.17) is 17.3 Å². The van der Waals surface area contributed by atoms with Crippen molar-refractivity contribution in [2.75, 3.05) is 18.0 Å². The first-order valence-electron chi connectivity index (χ1n) is 7.28. The van der Waals surface area contributed by atoms with Gasteiger partial charge in [0.25, 0.3) is 0 Å². The van der Waals surface area contributed by atoms with Crippen LogP contribution >= 0.6 is 11.6 Å². The summed E-state index contributed by atoms with van der Waals surface area (Å²) >= 11 is 6.18. The molecule has 2 aromatic rings. The van der Waals surface area contributed by atoms with Gasteiger partial charge in [-0.1, -0.05) is 36.7 Å². The maximum absolute atomic E-state index is 6.18. The van der Waals surface area contributed by atoms with Gasteiger partial charge in [0.1, 0.15) is 5.82 Å². The monoisotopic (exact) mass is 305 g/mol. The summed E-state index contributed by atoms with van der Waals surface area (Å²) in [5.74, 6) is 2.12. The Balaban J connectivity index is 1.71. The molecular weight excluding hydrogens is 286 g/mol. The van der Waals surface area contributed by atoms with Crippen molar-refractivity contribution < 1.29 is 0 Å². The van der Waals surface area contributed by atoms with E-state index in [1.165, 1.54) is 0 Å². The topological polar surface area (TPSA) is 70.8 Å². The highest BCUT2D eigenvalue weighted by atomic mass is 35.5. The second kappa shape index (κ2) is 6.03. The third-order valence-corrected chi connectivity index (χ3v) is 4.50. The Morgan fingerprint density at radius 1 is 1.43 bits per heavy atom. The van der Waals surface area contributed by atoms with Gasteiger partial charge in [-0.05, 0) is 24.0 Å². The van der Waals surface area contributed by atoms with Gasteiger partial charge in [0.05, 0.1) is 0 Å². The quantitative estimate of drug-likeness (QED) is 0.912. The average Bonchev–Trinajstić information content (AvgIpc) is 2.93.